The molecule has 2 N–H and O–H groups in total. The van der Waals surface area contributed by atoms with Crippen molar-refractivity contribution in [3.63, 3.8) is 0 Å². The zero-order valence-electron chi connectivity index (χ0n) is 22.3. The summed E-state index contributed by atoms with van der Waals surface area (Å²) in [5.74, 6) is 0.682. The van der Waals surface area contributed by atoms with Gasteiger partial charge in [0.1, 0.15) is 18.1 Å². The number of halogens is 3. The Hall–Kier alpha value is -4.04. The van der Waals surface area contributed by atoms with Crippen LogP contribution < -0.4 is 10.1 Å². The van der Waals surface area contributed by atoms with Gasteiger partial charge in [-0.25, -0.2) is 0 Å². The Morgan fingerprint density at radius 1 is 0.974 bits per heavy atom. The van der Waals surface area contributed by atoms with Crippen molar-refractivity contribution in [3.05, 3.63) is 107 Å². The number of nitrogens with zero attached hydrogens (tertiary/aromatic N) is 1. The summed E-state index contributed by atoms with van der Waals surface area (Å²) in [5, 5.41) is 13.0. The van der Waals surface area contributed by atoms with Crippen LogP contribution in [0.25, 0.3) is 11.1 Å². The molecule has 0 bridgehead atoms. The third kappa shape index (κ3) is 8.48. The second kappa shape index (κ2) is 13.7. The average Bonchev–Trinajstić information content (AvgIpc) is 2.91. The highest BCUT2D eigenvalue weighted by Gasteiger charge is 2.30. The van der Waals surface area contributed by atoms with Crippen LogP contribution in [0.2, 0.25) is 0 Å². The molecule has 0 radical (unpaired) electrons. The fourth-order valence-electron chi connectivity index (χ4n) is 4.00. The first-order chi connectivity index (χ1) is 18.6. The van der Waals surface area contributed by atoms with Crippen molar-refractivity contribution in [2.75, 3.05) is 33.8 Å². The van der Waals surface area contributed by atoms with Crippen LogP contribution in [-0.2, 0) is 11.0 Å². The maximum atomic E-state index is 13.4. The third-order valence-electron chi connectivity index (χ3n) is 6.00. The van der Waals surface area contributed by atoms with Crippen LogP contribution >= 0.6 is 0 Å². The molecule has 0 spiro atoms. The van der Waals surface area contributed by atoms with E-state index in [2.05, 4.69) is 5.32 Å². The van der Waals surface area contributed by atoms with Gasteiger partial charge in [0, 0.05) is 33.3 Å². The zero-order valence-corrected chi connectivity index (χ0v) is 22.3. The highest BCUT2D eigenvalue weighted by atomic mass is 19.4. The van der Waals surface area contributed by atoms with Crippen molar-refractivity contribution in [1.82, 2.24) is 10.2 Å². The largest absolute Gasteiger partial charge is 0.508 e. The molecule has 1 amide bonds. The molecule has 0 aliphatic rings. The lowest BCUT2D eigenvalue weighted by Crippen LogP contribution is -2.22. The number of phenols is 1. The maximum absolute atomic E-state index is 13.4. The molecule has 0 fully saturated rings. The number of hydrogen-bond donors (Lipinski definition) is 2. The zero-order chi connectivity index (χ0) is 28.4. The molecule has 206 valence electrons. The molecule has 8 heteroatoms. The molecule has 5 nitrogen and oxygen atoms in total. The summed E-state index contributed by atoms with van der Waals surface area (Å²) in [7, 11) is 3.38. The minimum absolute atomic E-state index is 0.0758. The molecule has 0 saturated heterocycles. The summed E-state index contributed by atoms with van der Waals surface area (Å²) in [6.45, 7) is 3.44. The van der Waals surface area contributed by atoms with E-state index >= 15 is 0 Å². The quantitative estimate of drug-likeness (QED) is 0.169. The Morgan fingerprint density at radius 3 is 2.21 bits per heavy atom. The fourth-order valence-corrected chi connectivity index (χ4v) is 4.00. The van der Waals surface area contributed by atoms with Gasteiger partial charge in [0.05, 0.1) is 5.56 Å². The van der Waals surface area contributed by atoms with E-state index in [4.69, 9.17) is 4.74 Å². The number of hydrogen-bond acceptors (Lipinski definition) is 4. The number of amides is 1. The van der Waals surface area contributed by atoms with E-state index in [1.165, 1.54) is 23.1 Å². The van der Waals surface area contributed by atoms with Crippen LogP contribution in [0.4, 0.5) is 13.2 Å². The molecular formula is C31H33F3N2O3. The van der Waals surface area contributed by atoms with Gasteiger partial charge in [0.15, 0.2) is 0 Å². The highest BCUT2D eigenvalue weighted by Crippen LogP contribution is 2.37. The minimum Gasteiger partial charge on any atom is -0.508 e. The van der Waals surface area contributed by atoms with Gasteiger partial charge < -0.3 is 20.1 Å². The monoisotopic (exact) mass is 538 g/mol. The number of carbonyl (C=O) groups excluding carboxylic acids is 1. The maximum Gasteiger partial charge on any atom is 0.416 e. The summed E-state index contributed by atoms with van der Waals surface area (Å²) in [5.41, 5.74) is 2.92. The van der Waals surface area contributed by atoms with Gasteiger partial charge in [-0.15, -0.1) is 0 Å². The second-order valence-electron chi connectivity index (χ2n) is 9.04. The number of phenolic OH excluding ortho intramolecular Hbond substituents is 1. The summed E-state index contributed by atoms with van der Waals surface area (Å²) >= 11 is 0. The number of alkyl halides is 3. The predicted molar refractivity (Wildman–Crippen MR) is 148 cm³/mol. The molecule has 0 aromatic heterocycles. The molecule has 39 heavy (non-hydrogen) atoms. The number of rotatable bonds is 11. The summed E-state index contributed by atoms with van der Waals surface area (Å²) in [6, 6.07) is 19.4. The number of aromatic hydroxyl groups is 1. The van der Waals surface area contributed by atoms with Gasteiger partial charge in [-0.05, 0) is 70.7 Å². The number of ether oxygens (including phenoxy) is 1. The molecule has 0 unspecified atom stereocenters. The Morgan fingerprint density at radius 2 is 1.62 bits per heavy atom. The van der Waals surface area contributed by atoms with Crippen LogP contribution in [0.1, 0.15) is 35.6 Å². The predicted octanol–water partition coefficient (Wildman–Crippen LogP) is 6.39. The first kappa shape index (κ1) is 29.5. The first-order valence-electron chi connectivity index (χ1n) is 12.6. The molecule has 3 aromatic rings. The van der Waals surface area contributed by atoms with Crippen LogP contribution in [0.15, 0.2) is 84.9 Å². The Balaban J connectivity index is 1.81. The molecule has 0 aliphatic carbocycles. The minimum atomic E-state index is -4.44. The van der Waals surface area contributed by atoms with Gasteiger partial charge >= 0.3 is 6.18 Å². The van der Waals surface area contributed by atoms with Crippen LogP contribution in [0.5, 0.6) is 11.5 Å². The van der Waals surface area contributed by atoms with E-state index in [0.717, 1.165) is 28.3 Å². The van der Waals surface area contributed by atoms with E-state index in [9.17, 15) is 23.1 Å². The van der Waals surface area contributed by atoms with Crippen LogP contribution in [0, 0.1) is 0 Å². The summed E-state index contributed by atoms with van der Waals surface area (Å²) in [6.07, 6.45) is -0.683. The smallest absolute Gasteiger partial charge is 0.416 e. The molecule has 3 rings (SSSR count). The van der Waals surface area contributed by atoms with E-state index in [1.54, 1.807) is 50.5 Å². The van der Waals surface area contributed by atoms with Gasteiger partial charge in [-0.1, -0.05) is 49.4 Å². The normalized spacial score (nSPS) is 12.4. The molecule has 0 heterocycles. The topological polar surface area (TPSA) is 61.8 Å². The Bertz CT molecular complexity index is 1300. The molecular weight excluding hydrogens is 505 g/mol. The summed E-state index contributed by atoms with van der Waals surface area (Å²) < 4.78 is 46.1. The lowest BCUT2D eigenvalue weighted by atomic mass is 9.87. The van der Waals surface area contributed by atoms with E-state index in [1.807, 2.05) is 31.2 Å². The third-order valence-corrected chi connectivity index (χ3v) is 6.00. The van der Waals surface area contributed by atoms with Crippen molar-refractivity contribution >= 4 is 17.1 Å². The average molecular weight is 539 g/mol. The van der Waals surface area contributed by atoms with Crippen molar-refractivity contribution in [1.29, 1.82) is 0 Å². The van der Waals surface area contributed by atoms with E-state index in [0.29, 0.717) is 37.4 Å². The first-order valence-corrected chi connectivity index (χ1v) is 12.6. The fraction of sp³-hybridized carbons (Fsp3) is 0.258. The molecule has 0 saturated carbocycles. The second-order valence-corrected chi connectivity index (χ2v) is 9.04. The van der Waals surface area contributed by atoms with Crippen LogP contribution in [-0.4, -0.2) is 49.7 Å². The van der Waals surface area contributed by atoms with Gasteiger partial charge in [-0.3, -0.25) is 4.79 Å². The number of benzene rings is 3. The van der Waals surface area contributed by atoms with Crippen molar-refractivity contribution in [3.8, 4) is 11.5 Å². The number of nitrogens with one attached hydrogen (secondary N) is 1. The van der Waals surface area contributed by atoms with Gasteiger partial charge in [0.2, 0.25) is 5.91 Å². The SMILES string of the molecule is CC/C(=C(/c1ccc(O)cc1)c1ccc(OCCNC/C=C/C(=O)N(C)C)cc1)c1cccc(C(F)(F)F)c1. The standard InChI is InChI=1S/C31H33F3N2O3/c1-4-28(24-7-5-8-25(21-24)31(32,33)34)30(22-10-14-26(37)15-11-22)23-12-16-27(17-13-23)39-20-19-35-18-6-9-29(38)36(2)3/h5-17,21,35,37H,4,18-20H2,1-3H3/b9-6+,30-28+. The van der Waals surface area contributed by atoms with Crippen molar-refractivity contribution in [2.24, 2.45) is 0 Å². The summed E-state index contributed by atoms with van der Waals surface area (Å²) in [4.78, 5) is 13.0. The number of carbonyl (C=O) groups is 1. The Kier molecular flexibility index (Phi) is 10.3. The lowest BCUT2D eigenvalue weighted by molar-refractivity contribution is -0.137. The van der Waals surface area contributed by atoms with Crippen molar-refractivity contribution < 1.29 is 27.8 Å². The number of allylic oxidation sites excluding steroid dienone is 1. The molecule has 0 atom stereocenters. The molecule has 0 aliphatic heterocycles. The van der Waals surface area contributed by atoms with E-state index in [-0.39, 0.29) is 11.7 Å². The lowest BCUT2D eigenvalue weighted by Gasteiger charge is -2.18. The van der Waals surface area contributed by atoms with Crippen LogP contribution in [0.3, 0.4) is 0 Å². The highest BCUT2D eigenvalue weighted by molar-refractivity contribution is 5.98. The number of likely N-dealkylation sites (N-methyl/N-ethyl adjacent to an activating group) is 1. The van der Waals surface area contributed by atoms with E-state index < -0.39 is 11.7 Å². The Labute approximate surface area is 227 Å². The van der Waals surface area contributed by atoms with Crippen molar-refractivity contribution in [2.45, 2.75) is 19.5 Å². The molecule has 3 aromatic carbocycles. The van der Waals surface area contributed by atoms with Gasteiger partial charge in [0.25, 0.3) is 0 Å². The van der Waals surface area contributed by atoms with Gasteiger partial charge in [-0.2, -0.15) is 13.2 Å².